The average Bonchev–Trinajstić information content (AvgIpc) is 3.62. The van der Waals surface area contributed by atoms with Crippen LogP contribution in [0.3, 0.4) is 0 Å². The van der Waals surface area contributed by atoms with Gasteiger partial charge in [0.1, 0.15) is 0 Å². The van der Waals surface area contributed by atoms with Crippen molar-refractivity contribution >= 4 is 43.8 Å². The predicted octanol–water partition coefficient (Wildman–Crippen LogP) is 8.44. The highest BCUT2D eigenvalue weighted by Gasteiger charge is 2.30. The number of benzene rings is 2. The van der Waals surface area contributed by atoms with Crippen molar-refractivity contribution in [3.63, 3.8) is 0 Å². The van der Waals surface area contributed by atoms with Crippen LogP contribution in [0.4, 0.5) is 0 Å². The van der Waals surface area contributed by atoms with Crippen molar-refractivity contribution in [1.29, 1.82) is 0 Å². The van der Waals surface area contributed by atoms with Crippen molar-refractivity contribution in [2.24, 2.45) is 0 Å². The molecule has 0 amide bonds. The highest BCUT2D eigenvalue weighted by Crippen LogP contribution is 2.37. The molecule has 0 spiro atoms. The van der Waals surface area contributed by atoms with Gasteiger partial charge in [-0.25, -0.2) is 0 Å². The molecular weight excluding hydrogens is 524 g/mol. The molecule has 4 atom stereocenters. The van der Waals surface area contributed by atoms with Gasteiger partial charge >= 0.3 is 0 Å². The van der Waals surface area contributed by atoms with Crippen molar-refractivity contribution in [1.82, 2.24) is 9.97 Å². The van der Waals surface area contributed by atoms with Gasteiger partial charge in [-0.2, -0.15) is 0 Å². The Balaban J connectivity index is 0.000000152. The number of halogens is 1. The summed E-state index contributed by atoms with van der Waals surface area (Å²) in [6, 6.07) is 21.1. The van der Waals surface area contributed by atoms with Gasteiger partial charge in [-0.15, -0.1) is 0 Å². The molecule has 192 valence electrons. The number of fused-ring (bicyclic) bond motifs is 2. The van der Waals surface area contributed by atoms with Crippen molar-refractivity contribution in [3.05, 3.63) is 88.7 Å². The highest BCUT2D eigenvalue weighted by molar-refractivity contribution is 9.10. The zero-order chi connectivity index (χ0) is 25.8. The van der Waals surface area contributed by atoms with Crippen LogP contribution in [0.15, 0.2) is 71.7 Å². The van der Waals surface area contributed by atoms with Crippen molar-refractivity contribution in [3.8, 4) is 0 Å². The van der Waals surface area contributed by atoms with Crippen LogP contribution < -0.4 is 0 Å². The Hall–Kier alpha value is -2.60. The lowest BCUT2D eigenvalue weighted by atomic mass is 9.99. The van der Waals surface area contributed by atoms with E-state index in [2.05, 4.69) is 77.1 Å². The Morgan fingerprint density at radius 3 is 1.81 bits per heavy atom. The van der Waals surface area contributed by atoms with Gasteiger partial charge in [-0.3, -0.25) is 9.97 Å². The van der Waals surface area contributed by atoms with Crippen LogP contribution in [-0.4, -0.2) is 36.4 Å². The molecule has 5 heteroatoms. The van der Waals surface area contributed by atoms with E-state index in [0.29, 0.717) is 24.0 Å². The molecule has 0 aliphatic heterocycles. The van der Waals surface area contributed by atoms with Gasteiger partial charge in [0.05, 0.1) is 23.2 Å². The van der Waals surface area contributed by atoms with Crippen LogP contribution in [0.5, 0.6) is 0 Å². The third kappa shape index (κ3) is 5.79. The summed E-state index contributed by atoms with van der Waals surface area (Å²) in [6.45, 7) is 3.80. The molecule has 6 rings (SSSR count). The summed E-state index contributed by atoms with van der Waals surface area (Å²) in [5, 5.41) is 2.35. The maximum atomic E-state index is 5.57. The number of aromatic nitrogens is 2. The number of hydrogen-bond acceptors (Lipinski definition) is 4. The molecule has 2 aliphatic rings. The standard InChI is InChI=1S/C17H19NO.C15H16BrNO/c1-3-12-7-9-15-13(11-12)8-10-16(18-15)14-5-4-6-17(14)19-2;1-18-15-4-2-3-12(15)14-7-5-10-9-11(16)6-8-13(10)17-14/h3,7-11,14,17H,1,4-6H2,2H3;5-9,12,15H,2-4H2,1H3/t14-,17+;/m0./s1. The zero-order valence-electron chi connectivity index (χ0n) is 21.7. The number of nitrogens with zero attached hydrogens (tertiary/aromatic N) is 2. The minimum atomic E-state index is 0.331. The number of hydrogen-bond donors (Lipinski definition) is 0. The second-order valence-electron chi connectivity index (χ2n) is 10.1. The summed E-state index contributed by atoms with van der Waals surface area (Å²) in [5.41, 5.74) is 5.61. The van der Waals surface area contributed by atoms with Crippen molar-refractivity contribution in [2.45, 2.75) is 62.6 Å². The summed E-state index contributed by atoms with van der Waals surface area (Å²) in [6.07, 6.45) is 9.68. The Labute approximate surface area is 228 Å². The van der Waals surface area contributed by atoms with E-state index in [4.69, 9.17) is 19.4 Å². The number of pyridine rings is 2. The molecule has 0 radical (unpaired) electrons. The smallest absolute Gasteiger partial charge is 0.0706 e. The Morgan fingerprint density at radius 2 is 1.27 bits per heavy atom. The van der Waals surface area contributed by atoms with E-state index in [1.807, 2.05) is 12.1 Å². The molecule has 2 fully saturated rings. The topological polar surface area (TPSA) is 44.2 Å². The molecule has 0 bridgehead atoms. The van der Waals surface area contributed by atoms with E-state index < -0.39 is 0 Å². The van der Waals surface area contributed by atoms with E-state index in [1.165, 1.54) is 47.8 Å². The number of ether oxygens (including phenoxy) is 2. The van der Waals surface area contributed by atoms with Gasteiger partial charge in [0.25, 0.3) is 0 Å². The van der Waals surface area contributed by atoms with E-state index in [1.54, 1.807) is 14.2 Å². The van der Waals surface area contributed by atoms with Crippen LogP contribution in [-0.2, 0) is 9.47 Å². The maximum Gasteiger partial charge on any atom is 0.0706 e. The molecule has 2 aromatic heterocycles. The van der Waals surface area contributed by atoms with Crippen LogP contribution in [0.25, 0.3) is 27.9 Å². The number of rotatable bonds is 5. The van der Waals surface area contributed by atoms with Gasteiger partial charge < -0.3 is 9.47 Å². The summed E-state index contributed by atoms with van der Waals surface area (Å²) in [7, 11) is 3.61. The summed E-state index contributed by atoms with van der Waals surface area (Å²) >= 11 is 3.49. The molecule has 2 heterocycles. The Morgan fingerprint density at radius 1 is 0.730 bits per heavy atom. The van der Waals surface area contributed by atoms with Gasteiger partial charge in [-0.05, 0) is 73.7 Å². The molecule has 0 N–H and O–H groups in total. The van der Waals surface area contributed by atoms with Crippen LogP contribution in [0.1, 0.15) is 67.3 Å². The molecule has 2 aromatic carbocycles. The van der Waals surface area contributed by atoms with Gasteiger partial charge in [-0.1, -0.05) is 59.6 Å². The molecule has 4 aromatic rings. The highest BCUT2D eigenvalue weighted by atomic mass is 79.9. The minimum absolute atomic E-state index is 0.331. The van der Waals surface area contributed by atoms with Gasteiger partial charge in [0.15, 0.2) is 0 Å². The van der Waals surface area contributed by atoms with Crippen LogP contribution in [0, 0.1) is 0 Å². The third-order valence-electron chi connectivity index (χ3n) is 7.91. The maximum absolute atomic E-state index is 5.57. The minimum Gasteiger partial charge on any atom is -0.381 e. The lowest BCUT2D eigenvalue weighted by Crippen LogP contribution is -2.15. The van der Waals surface area contributed by atoms with Crippen molar-refractivity contribution < 1.29 is 9.47 Å². The normalized spacial score (nSPS) is 23.2. The fourth-order valence-corrected chi connectivity index (χ4v) is 6.28. The number of methoxy groups -OCH3 is 2. The SMILES string of the molecule is C=Cc1ccc2nc([C@@H]3CCC[C@H]3OC)ccc2c1.COC1CCCC1c1ccc2cc(Br)ccc2n1. The van der Waals surface area contributed by atoms with E-state index in [0.717, 1.165) is 33.9 Å². The first-order valence-electron chi connectivity index (χ1n) is 13.2. The summed E-state index contributed by atoms with van der Waals surface area (Å²) < 4.78 is 12.2. The second kappa shape index (κ2) is 11.8. The average molecular weight is 560 g/mol. The van der Waals surface area contributed by atoms with Gasteiger partial charge in [0, 0.05) is 52.7 Å². The largest absolute Gasteiger partial charge is 0.381 e. The van der Waals surface area contributed by atoms with Crippen molar-refractivity contribution in [2.75, 3.05) is 14.2 Å². The Bertz CT molecular complexity index is 1390. The zero-order valence-corrected chi connectivity index (χ0v) is 23.3. The molecule has 2 saturated carbocycles. The van der Waals surface area contributed by atoms with Crippen LogP contribution >= 0.6 is 15.9 Å². The first kappa shape index (κ1) is 26.0. The molecule has 37 heavy (non-hydrogen) atoms. The first-order valence-corrected chi connectivity index (χ1v) is 14.0. The monoisotopic (exact) mass is 558 g/mol. The third-order valence-corrected chi connectivity index (χ3v) is 8.41. The predicted molar refractivity (Wildman–Crippen MR) is 156 cm³/mol. The van der Waals surface area contributed by atoms with E-state index >= 15 is 0 Å². The lowest BCUT2D eigenvalue weighted by molar-refractivity contribution is 0.0935. The fraction of sp³-hybridized carbons (Fsp3) is 0.375. The Kier molecular flexibility index (Phi) is 8.33. The van der Waals surface area contributed by atoms with Crippen LogP contribution in [0.2, 0.25) is 0 Å². The summed E-state index contributed by atoms with van der Waals surface area (Å²) in [5.74, 6) is 0.913. The lowest BCUT2D eigenvalue weighted by Gasteiger charge is -2.18. The molecular formula is C32H35BrN2O2. The second-order valence-corrected chi connectivity index (χ2v) is 11.0. The molecule has 2 aliphatic carbocycles. The quantitative estimate of drug-likeness (QED) is 0.246. The molecule has 2 unspecified atom stereocenters. The van der Waals surface area contributed by atoms with E-state index in [9.17, 15) is 0 Å². The van der Waals surface area contributed by atoms with Gasteiger partial charge in [0.2, 0.25) is 0 Å². The first-order chi connectivity index (χ1) is 18.1. The van der Waals surface area contributed by atoms with E-state index in [-0.39, 0.29) is 0 Å². The fourth-order valence-electron chi connectivity index (χ4n) is 5.90. The molecule has 4 nitrogen and oxygen atoms in total. The molecule has 0 saturated heterocycles. The summed E-state index contributed by atoms with van der Waals surface area (Å²) in [4.78, 5) is 9.61.